The van der Waals surface area contributed by atoms with E-state index in [9.17, 15) is 0 Å². The first kappa shape index (κ1) is 43.0. The molecule has 2 aromatic heterocycles. The molecule has 0 N–H and O–H groups in total. The lowest BCUT2D eigenvalue weighted by Gasteiger charge is -2.28. The number of furan rings is 2. The van der Waals surface area contributed by atoms with Gasteiger partial charge in [-0.3, -0.25) is 0 Å². The second-order valence-corrected chi connectivity index (χ2v) is 20.7. The first-order valence-electron chi connectivity index (χ1n) is 24.3. The smallest absolute Gasteiger partial charge is 0.137 e. The Balaban J connectivity index is 0.927. The quantitative estimate of drug-likeness (QED) is 0.152. The summed E-state index contributed by atoms with van der Waals surface area (Å²) in [5.74, 6) is 0. The van der Waals surface area contributed by atoms with Gasteiger partial charge in [0, 0.05) is 67.8 Å². The zero-order valence-electron chi connectivity index (χ0n) is 40.5. The van der Waals surface area contributed by atoms with E-state index in [0.29, 0.717) is 0 Å². The van der Waals surface area contributed by atoms with E-state index in [0.717, 1.165) is 88.8 Å². The Labute approximate surface area is 409 Å². The molecule has 4 nitrogen and oxygen atoms in total. The number of hydrogen-bond donors (Lipinski definition) is 0. The third-order valence-electron chi connectivity index (χ3n) is 13.9. The predicted octanol–water partition coefficient (Wildman–Crippen LogP) is 19.5. The Bertz CT molecular complexity index is 3630. The number of anilines is 6. The first-order chi connectivity index (χ1) is 33.9. The van der Waals surface area contributed by atoms with Crippen molar-refractivity contribution < 1.29 is 8.83 Å². The third-order valence-corrected chi connectivity index (χ3v) is 13.9. The molecule has 4 heteroatoms. The Morgan fingerprint density at radius 3 is 1.00 bits per heavy atom. The summed E-state index contributed by atoms with van der Waals surface area (Å²) in [6, 6.07) is 78.7. The van der Waals surface area contributed by atoms with E-state index in [1.807, 2.05) is 0 Å². The standard InChI is InChI=1S/C66H54N2O2/c1-65(2,3)49-19-13-21-53(39-49)67(51-27-23-45(24-28-51)43-15-9-7-10-16-43)55-31-33-57-59-35-47-38-62-60(36-48(47)37-61(59)69-63(57)41-55)58-34-32-56(42-64(58)70-62)68(54-22-14-20-50(40-54)66(4,5)6)52-29-25-46(26-30-52)44-17-11-8-12-18-44/h7-42H,1-6H3. The average molecular weight is 907 g/mol. The molecular weight excluding hydrogens is 853 g/mol. The van der Waals surface area contributed by atoms with Crippen LogP contribution in [0.3, 0.4) is 0 Å². The zero-order chi connectivity index (χ0) is 47.7. The summed E-state index contributed by atoms with van der Waals surface area (Å²) in [4.78, 5) is 4.67. The Kier molecular flexibility index (Phi) is 10.3. The molecule has 0 aliphatic heterocycles. The molecule has 0 bridgehead atoms. The van der Waals surface area contributed by atoms with Gasteiger partial charge in [0.2, 0.25) is 0 Å². The number of nitrogens with zero attached hydrogens (tertiary/aromatic N) is 2. The molecule has 0 atom stereocenters. The molecule has 0 aliphatic carbocycles. The molecule has 70 heavy (non-hydrogen) atoms. The van der Waals surface area contributed by atoms with Gasteiger partial charge in [0.05, 0.1) is 0 Å². The van der Waals surface area contributed by atoms with Crippen LogP contribution in [0.25, 0.3) is 76.9 Å². The molecule has 0 spiro atoms. The molecule has 0 saturated heterocycles. The van der Waals surface area contributed by atoms with Crippen molar-refractivity contribution in [2.45, 2.75) is 52.4 Å². The summed E-state index contributed by atoms with van der Waals surface area (Å²) in [5, 5.41) is 6.50. The fraction of sp³-hybridized carbons (Fsp3) is 0.121. The fourth-order valence-electron chi connectivity index (χ4n) is 10.0. The van der Waals surface area contributed by atoms with Crippen molar-refractivity contribution in [2.75, 3.05) is 9.80 Å². The highest BCUT2D eigenvalue weighted by atomic mass is 16.3. The summed E-state index contributed by atoms with van der Waals surface area (Å²) in [7, 11) is 0. The topological polar surface area (TPSA) is 32.8 Å². The second-order valence-electron chi connectivity index (χ2n) is 20.7. The fourth-order valence-corrected chi connectivity index (χ4v) is 10.0. The van der Waals surface area contributed by atoms with Crippen molar-refractivity contribution >= 4 is 88.8 Å². The predicted molar refractivity (Wildman–Crippen MR) is 296 cm³/mol. The van der Waals surface area contributed by atoms with Crippen LogP contribution in [0.1, 0.15) is 52.7 Å². The molecule has 0 unspecified atom stereocenters. The maximum absolute atomic E-state index is 6.79. The van der Waals surface area contributed by atoms with Crippen LogP contribution in [0.15, 0.2) is 227 Å². The minimum Gasteiger partial charge on any atom is -0.456 e. The monoisotopic (exact) mass is 906 g/mol. The molecule has 2 heterocycles. The van der Waals surface area contributed by atoms with Crippen LogP contribution in [0, 0.1) is 0 Å². The van der Waals surface area contributed by atoms with Crippen LogP contribution < -0.4 is 9.80 Å². The lowest BCUT2D eigenvalue weighted by molar-refractivity contribution is 0.590. The molecule has 0 saturated carbocycles. The molecule has 0 aliphatic rings. The number of rotatable bonds is 8. The largest absolute Gasteiger partial charge is 0.456 e. The van der Waals surface area contributed by atoms with Crippen LogP contribution in [-0.2, 0) is 10.8 Å². The van der Waals surface area contributed by atoms with E-state index < -0.39 is 0 Å². The molecule has 12 rings (SSSR count). The summed E-state index contributed by atoms with van der Waals surface area (Å²) in [6.07, 6.45) is 0. The highest BCUT2D eigenvalue weighted by molar-refractivity contribution is 6.15. The van der Waals surface area contributed by atoms with Gasteiger partial charge < -0.3 is 18.6 Å². The maximum Gasteiger partial charge on any atom is 0.137 e. The van der Waals surface area contributed by atoms with Crippen LogP contribution in [-0.4, -0.2) is 0 Å². The molecule has 0 amide bonds. The second kappa shape index (κ2) is 16.7. The van der Waals surface area contributed by atoms with Gasteiger partial charge in [-0.15, -0.1) is 0 Å². The molecule has 10 aromatic carbocycles. The van der Waals surface area contributed by atoms with Crippen LogP contribution in [0.2, 0.25) is 0 Å². The molecular formula is C66H54N2O2. The van der Waals surface area contributed by atoms with E-state index in [1.165, 1.54) is 33.4 Å². The van der Waals surface area contributed by atoms with E-state index in [1.54, 1.807) is 0 Å². The Morgan fingerprint density at radius 2 is 0.614 bits per heavy atom. The SMILES string of the molecule is CC(C)(C)c1cccc(N(c2ccc(-c3ccccc3)cc2)c2ccc3c(c2)oc2cc4cc5c(cc4cc23)oc2cc(N(c3ccc(-c4ccccc4)cc3)c3cccc(C(C)(C)C)c3)ccc25)c1. The zero-order valence-corrected chi connectivity index (χ0v) is 40.5. The van der Waals surface area contributed by atoms with Crippen molar-refractivity contribution in [3.63, 3.8) is 0 Å². The first-order valence-corrected chi connectivity index (χ1v) is 24.3. The molecule has 12 aromatic rings. The lowest BCUT2D eigenvalue weighted by atomic mass is 9.87. The molecule has 0 fully saturated rings. The van der Waals surface area contributed by atoms with Gasteiger partial charge in [-0.05, 0) is 152 Å². The van der Waals surface area contributed by atoms with Crippen LogP contribution in [0.5, 0.6) is 0 Å². The van der Waals surface area contributed by atoms with Crippen molar-refractivity contribution in [3.8, 4) is 22.3 Å². The molecule has 0 radical (unpaired) electrons. The summed E-state index contributed by atoms with van der Waals surface area (Å²) < 4.78 is 13.6. The number of benzene rings is 10. The highest BCUT2D eigenvalue weighted by Gasteiger charge is 2.22. The lowest BCUT2D eigenvalue weighted by Crippen LogP contribution is -2.14. The van der Waals surface area contributed by atoms with Crippen molar-refractivity contribution in [1.29, 1.82) is 0 Å². The van der Waals surface area contributed by atoms with Gasteiger partial charge in [-0.25, -0.2) is 0 Å². The van der Waals surface area contributed by atoms with E-state index in [-0.39, 0.29) is 10.8 Å². The van der Waals surface area contributed by atoms with E-state index in [4.69, 9.17) is 8.83 Å². The maximum atomic E-state index is 6.79. The summed E-state index contributed by atoms with van der Waals surface area (Å²) in [5.41, 5.74) is 17.1. The Hall–Kier alpha value is -8.34. The molecule has 340 valence electrons. The van der Waals surface area contributed by atoms with E-state index in [2.05, 4.69) is 270 Å². The van der Waals surface area contributed by atoms with Gasteiger partial charge in [0.15, 0.2) is 0 Å². The van der Waals surface area contributed by atoms with Crippen LogP contribution in [0.4, 0.5) is 34.1 Å². The van der Waals surface area contributed by atoms with Crippen molar-refractivity contribution in [3.05, 3.63) is 230 Å². The number of fused-ring (bicyclic) bond motifs is 7. The third kappa shape index (κ3) is 7.86. The van der Waals surface area contributed by atoms with Crippen molar-refractivity contribution in [2.24, 2.45) is 0 Å². The highest BCUT2D eigenvalue weighted by Crippen LogP contribution is 2.44. The minimum atomic E-state index is -0.00326. The normalized spacial score (nSPS) is 12.1. The van der Waals surface area contributed by atoms with Crippen LogP contribution >= 0.6 is 0 Å². The van der Waals surface area contributed by atoms with Crippen molar-refractivity contribution in [1.82, 2.24) is 0 Å². The summed E-state index contributed by atoms with van der Waals surface area (Å²) >= 11 is 0. The van der Waals surface area contributed by atoms with Gasteiger partial charge in [-0.1, -0.05) is 151 Å². The minimum absolute atomic E-state index is 0.00326. The Morgan fingerprint density at radius 1 is 0.271 bits per heavy atom. The van der Waals surface area contributed by atoms with E-state index >= 15 is 0 Å². The van der Waals surface area contributed by atoms with Gasteiger partial charge in [-0.2, -0.15) is 0 Å². The number of hydrogen-bond acceptors (Lipinski definition) is 4. The summed E-state index contributed by atoms with van der Waals surface area (Å²) in [6.45, 7) is 13.6. The van der Waals surface area contributed by atoms with Gasteiger partial charge in [0.1, 0.15) is 22.3 Å². The van der Waals surface area contributed by atoms with Gasteiger partial charge >= 0.3 is 0 Å². The average Bonchev–Trinajstić information content (AvgIpc) is 3.91. The van der Waals surface area contributed by atoms with Gasteiger partial charge in [0.25, 0.3) is 0 Å².